The van der Waals surface area contributed by atoms with Gasteiger partial charge in [0.05, 0.1) is 34.6 Å². The quantitative estimate of drug-likeness (QED) is 0.366. The van der Waals surface area contributed by atoms with E-state index in [4.69, 9.17) is 23.2 Å². The highest BCUT2D eigenvalue weighted by molar-refractivity contribution is 7.92. The molecule has 186 valence electrons. The number of anilines is 1. The highest BCUT2D eigenvalue weighted by Gasteiger charge is 2.22. The lowest BCUT2D eigenvalue weighted by atomic mass is 9.86. The molecule has 3 rings (SSSR count). The van der Waals surface area contributed by atoms with Gasteiger partial charge in [-0.05, 0) is 53.3 Å². The lowest BCUT2D eigenvalue weighted by molar-refractivity contribution is 0.0940. The summed E-state index contributed by atoms with van der Waals surface area (Å²) in [6, 6.07) is 19.8. The Labute approximate surface area is 218 Å². The molecule has 3 aromatic rings. The van der Waals surface area contributed by atoms with E-state index in [-0.39, 0.29) is 34.0 Å². The number of halogens is 2. The molecule has 0 aliphatic heterocycles. The number of carbonyl (C=O) groups excluding carboxylic acids is 1. The third-order valence-electron chi connectivity index (χ3n) is 5.77. The van der Waals surface area contributed by atoms with Crippen LogP contribution in [-0.2, 0) is 22.0 Å². The van der Waals surface area contributed by atoms with Crippen molar-refractivity contribution >= 4 is 44.8 Å². The molecular weight excluding hydrogens is 503 g/mol. The molecule has 8 heteroatoms. The first-order chi connectivity index (χ1) is 16.3. The van der Waals surface area contributed by atoms with Gasteiger partial charge in [0.15, 0.2) is 0 Å². The summed E-state index contributed by atoms with van der Waals surface area (Å²) in [7, 11) is -3.63. The van der Waals surface area contributed by atoms with Crippen LogP contribution >= 0.6 is 23.2 Å². The van der Waals surface area contributed by atoms with E-state index in [0.29, 0.717) is 16.8 Å². The van der Waals surface area contributed by atoms with Gasteiger partial charge in [0.25, 0.3) is 5.91 Å². The lowest BCUT2D eigenvalue weighted by Crippen LogP contribution is -2.29. The van der Waals surface area contributed by atoms with Gasteiger partial charge in [-0.1, -0.05) is 86.4 Å². The molecule has 0 aliphatic rings. The number of benzene rings is 3. The van der Waals surface area contributed by atoms with Crippen LogP contribution in [-0.4, -0.2) is 20.6 Å². The van der Waals surface area contributed by atoms with Crippen molar-refractivity contribution in [2.24, 2.45) is 0 Å². The van der Waals surface area contributed by atoms with Gasteiger partial charge in [0.2, 0.25) is 10.0 Å². The molecule has 0 heterocycles. The summed E-state index contributed by atoms with van der Waals surface area (Å²) in [4.78, 5) is 12.8. The number of rotatable bonds is 7. The second kappa shape index (κ2) is 10.6. The minimum absolute atomic E-state index is 0.0529. The van der Waals surface area contributed by atoms with Crippen molar-refractivity contribution in [3.05, 3.63) is 99.0 Å². The lowest BCUT2D eigenvalue weighted by Gasteiger charge is -2.24. The Kier molecular flexibility index (Phi) is 8.20. The van der Waals surface area contributed by atoms with Crippen molar-refractivity contribution in [2.45, 2.75) is 45.7 Å². The van der Waals surface area contributed by atoms with Crippen LogP contribution in [0.15, 0.2) is 66.7 Å². The molecule has 0 spiro atoms. The monoisotopic (exact) mass is 532 g/mol. The highest BCUT2D eigenvalue weighted by Crippen LogP contribution is 2.34. The molecule has 1 atom stereocenters. The average molecular weight is 534 g/mol. The van der Waals surface area contributed by atoms with Gasteiger partial charge in [0.1, 0.15) is 0 Å². The van der Waals surface area contributed by atoms with Crippen molar-refractivity contribution in [3.8, 4) is 0 Å². The Bertz CT molecular complexity index is 1300. The molecule has 0 fully saturated rings. The fourth-order valence-corrected chi connectivity index (χ4v) is 4.97. The molecule has 0 bridgehead atoms. The van der Waals surface area contributed by atoms with Crippen molar-refractivity contribution < 1.29 is 13.2 Å². The predicted molar refractivity (Wildman–Crippen MR) is 145 cm³/mol. The Morgan fingerprint density at radius 3 is 2.11 bits per heavy atom. The van der Waals surface area contributed by atoms with Crippen molar-refractivity contribution in [1.82, 2.24) is 5.32 Å². The zero-order valence-corrected chi connectivity index (χ0v) is 22.8. The van der Waals surface area contributed by atoms with Gasteiger partial charge in [-0.25, -0.2) is 8.42 Å². The fourth-order valence-electron chi connectivity index (χ4n) is 3.63. The van der Waals surface area contributed by atoms with Gasteiger partial charge in [-0.3, -0.25) is 9.10 Å². The van der Waals surface area contributed by atoms with Crippen molar-refractivity contribution in [2.75, 3.05) is 10.6 Å². The number of hydrogen-bond donors (Lipinski definition) is 1. The van der Waals surface area contributed by atoms with E-state index in [0.717, 1.165) is 11.8 Å². The first-order valence-electron chi connectivity index (χ1n) is 11.2. The van der Waals surface area contributed by atoms with Gasteiger partial charge in [-0.2, -0.15) is 0 Å². The molecule has 3 aromatic carbocycles. The number of carbonyl (C=O) groups is 1. The molecule has 5 nitrogen and oxygen atoms in total. The highest BCUT2D eigenvalue weighted by atomic mass is 35.5. The summed E-state index contributed by atoms with van der Waals surface area (Å²) in [6.07, 6.45) is 1.11. The second-order valence-corrected chi connectivity index (χ2v) is 12.3. The molecule has 0 radical (unpaired) electrons. The predicted octanol–water partition coefficient (Wildman–Crippen LogP) is 6.75. The largest absolute Gasteiger partial charge is 0.346 e. The van der Waals surface area contributed by atoms with E-state index >= 15 is 0 Å². The molecule has 0 aliphatic carbocycles. The second-order valence-electron chi connectivity index (χ2n) is 9.61. The topological polar surface area (TPSA) is 66.5 Å². The number of amides is 1. The van der Waals surface area contributed by atoms with E-state index in [2.05, 4.69) is 38.2 Å². The molecule has 1 N–H and O–H groups in total. The molecule has 1 amide bonds. The first-order valence-corrected chi connectivity index (χ1v) is 13.8. The first kappa shape index (κ1) is 27.1. The van der Waals surface area contributed by atoms with Gasteiger partial charge >= 0.3 is 0 Å². The van der Waals surface area contributed by atoms with Gasteiger partial charge in [-0.15, -0.1) is 0 Å². The van der Waals surface area contributed by atoms with Crippen molar-refractivity contribution in [3.63, 3.8) is 0 Å². The molecule has 35 heavy (non-hydrogen) atoms. The van der Waals surface area contributed by atoms with Crippen LogP contribution in [0.25, 0.3) is 0 Å². The van der Waals surface area contributed by atoms with Crippen LogP contribution in [0.2, 0.25) is 10.0 Å². The van der Waals surface area contributed by atoms with E-state index in [1.807, 2.05) is 19.1 Å². The average Bonchev–Trinajstić information content (AvgIpc) is 2.78. The molecule has 0 aromatic heterocycles. The minimum Gasteiger partial charge on any atom is -0.346 e. The zero-order valence-electron chi connectivity index (χ0n) is 20.5. The van der Waals surface area contributed by atoms with Crippen LogP contribution in [0.3, 0.4) is 0 Å². The molecular formula is C27H30Cl2N2O3S. The SMILES string of the molecule is CC(NC(=O)c1ccc(CN(c2cccc(Cl)c2Cl)S(C)(=O)=O)cc1)c1ccc(C(C)(C)C)cc1. The summed E-state index contributed by atoms with van der Waals surface area (Å²) in [6.45, 7) is 8.48. The maximum absolute atomic E-state index is 12.8. The van der Waals surface area contributed by atoms with Crippen LogP contribution in [0, 0.1) is 0 Å². The van der Waals surface area contributed by atoms with E-state index in [1.54, 1.807) is 42.5 Å². The maximum Gasteiger partial charge on any atom is 0.251 e. The number of nitrogens with one attached hydrogen (secondary N) is 1. The van der Waals surface area contributed by atoms with Gasteiger partial charge in [0, 0.05) is 5.56 Å². The van der Waals surface area contributed by atoms with Crippen LogP contribution in [0.1, 0.15) is 60.8 Å². The summed E-state index contributed by atoms with van der Waals surface area (Å²) >= 11 is 12.3. The summed E-state index contributed by atoms with van der Waals surface area (Å²) < 4.78 is 26.1. The molecule has 0 saturated carbocycles. The smallest absolute Gasteiger partial charge is 0.251 e. The third-order valence-corrected chi connectivity index (χ3v) is 7.70. The summed E-state index contributed by atoms with van der Waals surface area (Å²) in [5, 5.41) is 3.45. The van der Waals surface area contributed by atoms with Crippen LogP contribution < -0.4 is 9.62 Å². The Morgan fingerprint density at radius 1 is 0.971 bits per heavy atom. The van der Waals surface area contributed by atoms with Gasteiger partial charge < -0.3 is 5.32 Å². The van der Waals surface area contributed by atoms with Crippen LogP contribution in [0.5, 0.6) is 0 Å². The van der Waals surface area contributed by atoms with E-state index in [1.165, 1.54) is 9.87 Å². The maximum atomic E-state index is 12.8. The molecule has 0 saturated heterocycles. The Hall–Kier alpha value is -2.54. The van der Waals surface area contributed by atoms with Crippen molar-refractivity contribution in [1.29, 1.82) is 0 Å². The number of sulfonamides is 1. The fraction of sp³-hybridized carbons (Fsp3) is 0.296. The standard InChI is InChI=1S/C27H30Cl2N2O3S/c1-18(20-13-15-22(16-14-20)27(2,3)4)30-26(32)21-11-9-19(10-12-21)17-31(35(5,33)34)24-8-6-7-23(28)25(24)29/h6-16,18H,17H2,1-5H3,(H,30,32). The number of hydrogen-bond acceptors (Lipinski definition) is 3. The number of nitrogens with zero attached hydrogens (tertiary/aromatic N) is 1. The zero-order chi connectivity index (χ0) is 26.0. The minimum atomic E-state index is -3.63. The van der Waals surface area contributed by atoms with Crippen LogP contribution in [0.4, 0.5) is 5.69 Å². The van der Waals surface area contributed by atoms with E-state index < -0.39 is 10.0 Å². The van der Waals surface area contributed by atoms with E-state index in [9.17, 15) is 13.2 Å². The normalized spacial score (nSPS) is 12.8. The Balaban J connectivity index is 1.73. The Morgan fingerprint density at radius 2 is 1.57 bits per heavy atom. The summed E-state index contributed by atoms with van der Waals surface area (Å²) in [5.41, 5.74) is 3.81. The molecule has 1 unspecified atom stereocenters. The third kappa shape index (κ3) is 6.78. The summed E-state index contributed by atoms with van der Waals surface area (Å²) in [5.74, 6) is -0.207.